The van der Waals surface area contributed by atoms with Crippen LogP contribution in [-0.4, -0.2) is 36.2 Å². The lowest BCUT2D eigenvalue weighted by Gasteiger charge is -2.17. The highest BCUT2D eigenvalue weighted by Crippen LogP contribution is 2.27. The Morgan fingerprint density at radius 1 is 1.52 bits per heavy atom. The Balaban J connectivity index is 0.000000841. The Morgan fingerprint density at radius 2 is 2.13 bits per heavy atom. The Kier molecular flexibility index (Phi) is 10.3. The lowest BCUT2D eigenvalue weighted by atomic mass is 10.1. The summed E-state index contributed by atoms with van der Waals surface area (Å²) in [5.41, 5.74) is 6.40. The van der Waals surface area contributed by atoms with E-state index in [2.05, 4.69) is 17.0 Å². The zero-order valence-corrected chi connectivity index (χ0v) is 13.9. The molecule has 0 amide bonds. The molecule has 0 spiro atoms. The second kappa shape index (κ2) is 11.4. The minimum absolute atomic E-state index is 0.0198. The van der Waals surface area contributed by atoms with Crippen LogP contribution in [0.25, 0.3) is 0 Å². The number of carboxylic acid groups (broad SMARTS) is 1. The fraction of sp³-hybridized carbons (Fsp3) is 0.375. The van der Waals surface area contributed by atoms with E-state index >= 15 is 0 Å². The van der Waals surface area contributed by atoms with Crippen molar-refractivity contribution < 1.29 is 19.4 Å². The van der Waals surface area contributed by atoms with Gasteiger partial charge >= 0.3 is 11.9 Å². The van der Waals surface area contributed by atoms with E-state index in [4.69, 9.17) is 27.9 Å². The third kappa shape index (κ3) is 8.10. The highest BCUT2D eigenvalue weighted by molar-refractivity contribution is 6.33. The summed E-state index contributed by atoms with van der Waals surface area (Å²) in [5.74, 6) is 0.893. The van der Waals surface area contributed by atoms with Gasteiger partial charge in [-0.1, -0.05) is 36.6 Å². The molecule has 0 aliphatic heterocycles. The number of esters is 1. The number of ether oxygens (including phenoxy) is 1. The zero-order valence-electron chi connectivity index (χ0n) is 13.1. The summed E-state index contributed by atoms with van der Waals surface area (Å²) in [7, 11) is 0. The molecule has 7 heteroatoms. The van der Waals surface area contributed by atoms with Crippen LogP contribution in [0.3, 0.4) is 0 Å². The first-order valence-corrected chi connectivity index (χ1v) is 7.31. The van der Waals surface area contributed by atoms with Gasteiger partial charge in [-0.15, -0.1) is 6.42 Å². The van der Waals surface area contributed by atoms with Crippen LogP contribution in [0.1, 0.15) is 19.4 Å². The zero-order chi connectivity index (χ0) is 17.8. The van der Waals surface area contributed by atoms with Crippen molar-refractivity contribution >= 4 is 29.2 Å². The first kappa shape index (κ1) is 20.8. The fourth-order valence-electron chi connectivity index (χ4n) is 1.54. The molecule has 0 saturated carbocycles. The van der Waals surface area contributed by atoms with Gasteiger partial charge in [0.05, 0.1) is 17.3 Å². The molecule has 0 aliphatic carbocycles. The molecule has 0 fully saturated rings. The minimum Gasteiger partial charge on any atom is -0.480 e. The van der Waals surface area contributed by atoms with Crippen molar-refractivity contribution in [3.63, 3.8) is 0 Å². The van der Waals surface area contributed by atoms with E-state index in [-0.39, 0.29) is 13.2 Å². The van der Waals surface area contributed by atoms with Gasteiger partial charge in [0.2, 0.25) is 0 Å². The van der Waals surface area contributed by atoms with E-state index in [1.807, 2.05) is 19.1 Å². The van der Waals surface area contributed by atoms with E-state index in [1.165, 1.54) is 0 Å². The number of hydrogen-bond donors (Lipinski definition) is 3. The van der Waals surface area contributed by atoms with Crippen molar-refractivity contribution in [1.29, 1.82) is 0 Å². The molecule has 1 rings (SSSR count). The molecule has 0 aliphatic rings. The number of carbonyl (C=O) groups is 2. The van der Waals surface area contributed by atoms with Crippen LogP contribution in [0.4, 0.5) is 5.69 Å². The Labute approximate surface area is 141 Å². The Morgan fingerprint density at radius 3 is 2.61 bits per heavy atom. The third-order valence-electron chi connectivity index (χ3n) is 2.67. The summed E-state index contributed by atoms with van der Waals surface area (Å²) in [6.07, 6.45) is 5.86. The molecule has 0 saturated heterocycles. The van der Waals surface area contributed by atoms with E-state index < -0.39 is 18.0 Å². The first-order valence-electron chi connectivity index (χ1n) is 6.93. The van der Waals surface area contributed by atoms with Gasteiger partial charge in [-0.2, -0.15) is 0 Å². The average molecular weight is 341 g/mol. The summed E-state index contributed by atoms with van der Waals surface area (Å²) in [4.78, 5) is 20.8. The lowest BCUT2D eigenvalue weighted by molar-refractivity contribution is -0.142. The monoisotopic (exact) mass is 340 g/mol. The van der Waals surface area contributed by atoms with Gasteiger partial charge in [0, 0.05) is 0 Å². The number of carbonyl (C=O) groups excluding carboxylic acids is 1. The maximum Gasteiger partial charge on any atom is 0.329 e. The standard InChI is InChI=1S/C14H16ClNO2.C2H5NO2/c1-4-9-18-14(17)10(3)16-13-11(5-2)7-6-8-12(13)15;3-1-2(4)5/h1,6-8,10,16H,5,9H2,2-3H3;1,3H2,(H,4,5)/t10-;/m0./s1. The van der Waals surface area contributed by atoms with Crippen LogP contribution in [0.5, 0.6) is 0 Å². The molecule has 0 heterocycles. The number of rotatable bonds is 6. The topological polar surface area (TPSA) is 102 Å². The van der Waals surface area contributed by atoms with Crippen molar-refractivity contribution in [2.45, 2.75) is 26.3 Å². The molecule has 1 aromatic rings. The summed E-state index contributed by atoms with van der Waals surface area (Å²) >= 11 is 6.11. The third-order valence-corrected chi connectivity index (χ3v) is 2.98. The molecule has 0 unspecified atom stereocenters. The normalized spacial score (nSPS) is 10.6. The van der Waals surface area contributed by atoms with Crippen LogP contribution in [0, 0.1) is 12.3 Å². The molecule has 1 atom stereocenters. The van der Waals surface area contributed by atoms with Gasteiger partial charge in [-0.05, 0) is 25.0 Å². The quantitative estimate of drug-likeness (QED) is 0.540. The largest absolute Gasteiger partial charge is 0.480 e. The highest BCUT2D eigenvalue weighted by Gasteiger charge is 2.16. The number of aliphatic carboxylic acids is 1. The van der Waals surface area contributed by atoms with Gasteiger partial charge in [-0.25, -0.2) is 4.79 Å². The van der Waals surface area contributed by atoms with Gasteiger partial charge in [0.15, 0.2) is 6.61 Å². The second-order valence-corrected chi connectivity index (χ2v) is 4.81. The minimum atomic E-state index is -0.968. The van der Waals surface area contributed by atoms with Crippen LogP contribution in [0.15, 0.2) is 18.2 Å². The van der Waals surface area contributed by atoms with Crippen LogP contribution in [-0.2, 0) is 20.7 Å². The molecule has 23 heavy (non-hydrogen) atoms. The number of aryl methyl sites for hydroxylation is 1. The highest BCUT2D eigenvalue weighted by atomic mass is 35.5. The number of carboxylic acids is 1. The number of anilines is 1. The van der Waals surface area contributed by atoms with Crippen LogP contribution in [0.2, 0.25) is 5.02 Å². The van der Waals surface area contributed by atoms with Crippen molar-refractivity contribution in [2.75, 3.05) is 18.5 Å². The molecule has 126 valence electrons. The number of para-hydroxylation sites is 1. The summed E-state index contributed by atoms with van der Waals surface area (Å²) in [6.45, 7) is 3.44. The van der Waals surface area contributed by atoms with Crippen molar-refractivity contribution in [1.82, 2.24) is 0 Å². The first-order chi connectivity index (χ1) is 10.9. The van der Waals surface area contributed by atoms with E-state index in [0.717, 1.165) is 17.7 Å². The molecule has 0 radical (unpaired) electrons. The molecule has 6 nitrogen and oxygen atoms in total. The van der Waals surface area contributed by atoms with Crippen LogP contribution >= 0.6 is 11.6 Å². The molecule has 0 aromatic heterocycles. The molecule has 1 aromatic carbocycles. The number of nitrogens with one attached hydrogen (secondary N) is 1. The number of halogens is 1. The number of benzene rings is 1. The van der Waals surface area contributed by atoms with Gasteiger partial charge in [0.25, 0.3) is 0 Å². The molecule has 0 bridgehead atoms. The van der Waals surface area contributed by atoms with Gasteiger partial charge in [0.1, 0.15) is 6.04 Å². The van der Waals surface area contributed by atoms with E-state index in [9.17, 15) is 9.59 Å². The van der Waals surface area contributed by atoms with Crippen molar-refractivity contribution in [2.24, 2.45) is 5.73 Å². The second-order valence-electron chi connectivity index (χ2n) is 4.40. The fourth-order valence-corrected chi connectivity index (χ4v) is 1.79. The van der Waals surface area contributed by atoms with Gasteiger partial charge in [-0.3, -0.25) is 4.79 Å². The predicted octanol–water partition coefficient (Wildman–Crippen LogP) is 1.91. The summed E-state index contributed by atoms with van der Waals surface area (Å²) in [6, 6.07) is 5.13. The average Bonchev–Trinajstić information content (AvgIpc) is 2.54. The Hall–Kier alpha value is -2.23. The maximum atomic E-state index is 11.6. The van der Waals surface area contributed by atoms with E-state index in [0.29, 0.717) is 5.02 Å². The molecular weight excluding hydrogens is 320 g/mol. The van der Waals surface area contributed by atoms with Crippen molar-refractivity contribution in [3.8, 4) is 12.3 Å². The Bertz CT molecular complexity index is 570. The molecule has 4 N–H and O–H groups in total. The number of nitrogens with two attached hydrogens (primary N) is 1. The molecular formula is C16H21ClN2O4. The lowest BCUT2D eigenvalue weighted by Crippen LogP contribution is -2.28. The van der Waals surface area contributed by atoms with E-state index in [1.54, 1.807) is 13.0 Å². The maximum absolute atomic E-state index is 11.6. The predicted molar refractivity (Wildman–Crippen MR) is 90.4 cm³/mol. The summed E-state index contributed by atoms with van der Waals surface area (Å²) in [5, 5.41) is 11.2. The smallest absolute Gasteiger partial charge is 0.329 e. The van der Waals surface area contributed by atoms with Crippen molar-refractivity contribution in [3.05, 3.63) is 28.8 Å². The number of hydrogen-bond acceptors (Lipinski definition) is 5. The van der Waals surface area contributed by atoms with Gasteiger partial charge < -0.3 is 20.9 Å². The SMILES string of the molecule is C#CCOC(=O)[C@H](C)Nc1c(Cl)cccc1CC.NCC(=O)O. The number of terminal acetylenes is 1. The summed E-state index contributed by atoms with van der Waals surface area (Å²) < 4.78 is 4.86. The van der Waals surface area contributed by atoms with Crippen LogP contribution < -0.4 is 11.1 Å².